The van der Waals surface area contributed by atoms with Gasteiger partial charge in [0.2, 0.25) is 0 Å². The van der Waals surface area contributed by atoms with E-state index in [0.717, 1.165) is 35.0 Å². The number of imidazole rings is 1. The molecule has 6 heteroatoms. The van der Waals surface area contributed by atoms with Gasteiger partial charge in [0.05, 0.1) is 16.6 Å². The number of carboxylic acid groups (broad SMARTS) is 1. The van der Waals surface area contributed by atoms with Gasteiger partial charge >= 0.3 is 5.97 Å². The summed E-state index contributed by atoms with van der Waals surface area (Å²) in [6, 6.07) is 13.1. The Morgan fingerprint density at radius 1 is 1.11 bits per heavy atom. The van der Waals surface area contributed by atoms with Gasteiger partial charge in [0.1, 0.15) is 11.4 Å². The van der Waals surface area contributed by atoms with Crippen molar-refractivity contribution in [1.82, 2.24) is 15.0 Å². The molecule has 1 fully saturated rings. The number of aromatic nitrogens is 3. The molecule has 0 saturated heterocycles. The van der Waals surface area contributed by atoms with Crippen molar-refractivity contribution < 1.29 is 9.90 Å². The van der Waals surface area contributed by atoms with Crippen molar-refractivity contribution in [3.63, 3.8) is 0 Å². The van der Waals surface area contributed by atoms with Crippen LogP contribution >= 0.6 is 0 Å². The fourth-order valence-electron chi connectivity index (χ4n) is 3.84. The van der Waals surface area contributed by atoms with Gasteiger partial charge < -0.3 is 15.1 Å². The highest BCUT2D eigenvalue weighted by molar-refractivity contribution is 5.99. The first-order valence-corrected chi connectivity index (χ1v) is 9.00. The zero-order valence-corrected chi connectivity index (χ0v) is 14.5. The quantitative estimate of drug-likeness (QED) is 0.514. The molecule has 0 aliphatic heterocycles. The van der Waals surface area contributed by atoms with Gasteiger partial charge in [0, 0.05) is 5.56 Å². The lowest BCUT2D eigenvalue weighted by Gasteiger charge is -2.28. The highest BCUT2D eigenvalue weighted by Crippen LogP contribution is 2.43. The number of benzene rings is 2. The van der Waals surface area contributed by atoms with E-state index in [0.29, 0.717) is 22.6 Å². The van der Waals surface area contributed by atoms with Crippen molar-refractivity contribution in [2.75, 3.05) is 0 Å². The molecule has 0 bridgehead atoms. The Balaban J connectivity index is 1.84. The van der Waals surface area contributed by atoms with Gasteiger partial charge in [-0.15, -0.1) is 0 Å². The standard InChI is InChI=1S/C21H17N3O3/c25-20-14(21(26)27)10-12-8-9-13(11-4-3-5-11)17(18(12)24-20)19-22-15-6-1-2-7-16(15)23-19/h1-2,6-11H,3-5H2,(H,22,23)(H,24,25)(H,26,27). The number of hydrogen-bond donors (Lipinski definition) is 3. The molecule has 2 heterocycles. The second-order valence-corrected chi connectivity index (χ2v) is 7.04. The molecule has 6 nitrogen and oxygen atoms in total. The van der Waals surface area contributed by atoms with Crippen molar-refractivity contribution >= 4 is 27.9 Å². The number of carboxylic acids is 1. The SMILES string of the molecule is O=C(O)c1cc2ccc(C3CCC3)c(-c3nc4ccccc4[nH]3)c2[nH]c1=O. The van der Waals surface area contributed by atoms with Crippen LogP contribution in [0.1, 0.15) is 41.1 Å². The van der Waals surface area contributed by atoms with E-state index in [1.807, 2.05) is 36.4 Å². The highest BCUT2D eigenvalue weighted by Gasteiger charge is 2.26. The third-order valence-corrected chi connectivity index (χ3v) is 5.45. The van der Waals surface area contributed by atoms with Crippen LogP contribution in [0, 0.1) is 0 Å². The molecule has 0 radical (unpaired) electrons. The number of rotatable bonds is 3. The summed E-state index contributed by atoms with van der Waals surface area (Å²) < 4.78 is 0. The molecule has 2 aromatic carbocycles. The lowest BCUT2D eigenvalue weighted by Crippen LogP contribution is -2.18. The minimum Gasteiger partial charge on any atom is -0.477 e. The zero-order valence-electron chi connectivity index (χ0n) is 14.5. The molecule has 27 heavy (non-hydrogen) atoms. The minimum absolute atomic E-state index is 0.255. The Bertz CT molecular complexity index is 1230. The third kappa shape index (κ3) is 2.44. The van der Waals surface area contributed by atoms with Crippen LogP contribution in [0.2, 0.25) is 0 Å². The molecule has 1 aliphatic rings. The van der Waals surface area contributed by atoms with Crippen LogP contribution in [0.5, 0.6) is 0 Å². The lowest BCUT2D eigenvalue weighted by molar-refractivity contribution is 0.0695. The first kappa shape index (κ1) is 15.8. The second kappa shape index (κ2) is 5.81. The molecule has 1 saturated carbocycles. The first-order chi connectivity index (χ1) is 13.1. The fraction of sp³-hybridized carbons (Fsp3) is 0.190. The average Bonchev–Trinajstić information content (AvgIpc) is 3.02. The number of H-pyrrole nitrogens is 2. The van der Waals surface area contributed by atoms with Crippen molar-refractivity contribution in [1.29, 1.82) is 0 Å². The van der Waals surface area contributed by atoms with Gasteiger partial charge in [-0.25, -0.2) is 9.78 Å². The number of aromatic carboxylic acids is 1. The van der Waals surface area contributed by atoms with Crippen LogP contribution in [0.25, 0.3) is 33.3 Å². The number of hydrogen-bond acceptors (Lipinski definition) is 3. The molecular weight excluding hydrogens is 342 g/mol. The van der Waals surface area contributed by atoms with Gasteiger partial charge in [-0.05, 0) is 47.9 Å². The normalized spacial score (nSPS) is 14.5. The van der Waals surface area contributed by atoms with Crippen LogP contribution < -0.4 is 5.56 Å². The smallest absolute Gasteiger partial charge is 0.341 e. The van der Waals surface area contributed by atoms with Crippen molar-refractivity contribution in [3.8, 4) is 11.4 Å². The van der Waals surface area contributed by atoms with E-state index in [-0.39, 0.29) is 5.56 Å². The second-order valence-electron chi connectivity index (χ2n) is 7.04. The monoisotopic (exact) mass is 359 g/mol. The van der Waals surface area contributed by atoms with Crippen molar-refractivity contribution in [2.24, 2.45) is 0 Å². The van der Waals surface area contributed by atoms with Crippen LogP contribution in [-0.4, -0.2) is 26.0 Å². The summed E-state index contributed by atoms with van der Waals surface area (Å²) in [4.78, 5) is 34.5. The predicted molar refractivity (Wildman–Crippen MR) is 103 cm³/mol. The Kier molecular flexibility index (Phi) is 3.40. The minimum atomic E-state index is -1.23. The predicted octanol–water partition coefficient (Wildman–Crippen LogP) is 4.04. The fourth-order valence-corrected chi connectivity index (χ4v) is 3.84. The molecule has 134 valence electrons. The summed E-state index contributed by atoms with van der Waals surface area (Å²) in [5, 5.41) is 9.94. The third-order valence-electron chi connectivity index (χ3n) is 5.45. The maximum atomic E-state index is 12.3. The Labute approximate surface area is 153 Å². The van der Waals surface area contributed by atoms with E-state index >= 15 is 0 Å². The molecule has 0 spiro atoms. The molecule has 0 unspecified atom stereocenters. The van der Waals surface area contributed by atoms with Gasteiger partial charge in [-0.2, -0.15) is 0 Å². The maximum Gasteiger partial charge on any atom is 0.341 e. The van der Waals surface area contributed by atoms with Crippen LogP contribution in [0.15, 0.2) is 47.3 Å². The van der Waals surface area contributed by atoms with Gasteiger partial charge in [-0.3, -0.25) is 4.79 Å². The molecule has 0 atom stereocenters. The average molecular weight is 359 g/mol. The first-order valence-electron chi connectivity index (χ1n) is 9.00. The summed E-state index contributed by atoms with van der Waals surface area (Å²) in [5.41, 5.74) is 3.57. The number of aromatic amines is 2. The van der Waals surface area contributed by atoms with Crippen LogP contribution in [-0.2, 0) is 0 Å². The van der Waals surface area contributed by atoms with Gasteiger partial charge in [-0.1, -0.05) is 30.7 Å². The zero-order chi connectivity index (χ0) is 18.5. The number of nitrogens with one attached hydrogen (secondary N) is 2. The number of para-hydroxylation sites is 2. The topological polar surface area (TPSA) is 98.8 Å². The number of nitrogens with zero attached hydrogens (tertiary/aromatic N) is 1. The Morgan fingerprint density at radius 2 is 1.93 bits per heavy atom. The summed E-state index contributed by atoms with van der Waals surface area (Å²) in [6.45, 7) is 0. The van der Waals surface area contributed by atoms with E-state index < -0.39 is 11.5 Å². The lowest BCUT2D eigenvalue weighted by atomic mass is 9.77. The molecule has 2 aromatic heterocycles. The number of carbonyl (C=O) groups is 1. The van der Waals surface area contributed by atoms with E-state index in [1.165, 1.54) is 12.5 Å². The molecule has 1 aliphatic carbocycles. The van der Waals surface area contributed by atoms with Crippen molar-refractivity contribution in [3.05, 3.63) is 63.9 Å². The highest BCUT2D eigenvalue weighted by atomic mass is 16.4. The molecule has 5 rings (SSSR count). The van der Waals surface area contributed by atoms with E-state index in [1.54, 1.807) is 0 Å². The number of pyridine rings is 1. The molecule has 0 amide bonds. The van der Waals surface area contributed by atoms with E-state index in [2.05, 4.69) is 9.97 Å². The van der Waals surface area contributed by atoms with E-state index in [4.69, 9.17) is 4.98 Å². The Hall–Kier alpha value is -3.41. The molecular formula is C21H17N3O3. The van der Waals surface area contributed by atoms with Crippen molar-refractivity contribution in [2.45, 2.75) is 25.2 Å². The summed E-state index contributed by atoms with van der Waals surface area (Å²) in [6.07, 6.45) is 3.41. The van der Waals surface area contributed by atoms with Crippen LogP contribution in [0.3, 0.4) is 0 Å². The van der Waals surface area contributed by atoms with E-state index in [9.17, 15) is 14.7 Å². The largest absolute Gasteiger partial charge is 0.477 e. The summed E-state index contributed by atoms with van der Waals surface area (Å²) >= 11 is 0. The molecule has 3 N–H and O–H groups in total. The van der Waals surface area contributed by atoms with Gasteiger partial charge in [0.15, 0.2) is 0 Å². The summed E-state index contributed by atoms with van der Waals surface area (Å²) in [5.74, 6) is -0.103. The molecule has 4 aromatic rings. The van der Waals surface area contributed by atoms with Gasteiger partial charge in [0.25, 0.3) is 5.56 Å². The Morgan fingerprint density at radius 3 is 2.63 bits per heavy atom. The summed E-state index contributed by atoms with van der Waals surface area (Å²) in [7, 11) is 0. The maximum absolute atomic E-state index is 12.3. The van der Waals surface area contributed by atoms with Crippen LogP contribution in [0.4, 0.5) is 0 Å². The number of fused-ring (bicyclic) bond motifs is 2.